The number of hydrogen-bond donors (Lipinski definition) is 0. The summed E-state index contributed by atoms with van der Waals surface area (Å²) in [5, 5.41) is 0. The first-order valence-electron chi connectivity index (χ1n) is 7.10. The van der Waals surface area contributed by atoms with Gasteiger partial charge < -0.3 is 9.47 Å². The summed E-state index contributed by atoms with van der Waals surface area (Å²) in [7, 11) is 0. The van der Waals surface area contributed by atoms with Crippen molar-refractivity contribution in [3.05, 3.63) is 35.4 Å². The number of carbonyl (C=O) groups excluding carboxylic acids is 1. The monoisotopic (exact) mass is 262 g/mol. The highest BCUT2D eigenvalue weighted by Gasteiger charge is 2.22. The van der Waals surface area contributed by atoms with Crippen LogP contribution in [-0.4, -0.2) is 25.6 Å². The second kappa shape index (κ2) is 7.41. The molecule has 0 saturated carbocycles. The molecule has 104 valence electrons. The summed E-state index contributed by atoms with van der Waals surface area (Å²) in [5.74, 6) is 0.265. The number of ether oxygens (including phenoxy) is 2. The molecule has 0 aromatic heterocycles. The predicted molar refractivity (Wildman–Crippen MR) is 74.2 cm³/mol. The molecule has 0 amide bonds. The lowest BCUT2D eigenvalue weighted by atomic mass is 9.94. The van der Waals surface area contributed by atoms with Crippen molar-refractivity contribution in [2.45, 2.75) is 38.7 Å². The summed E-state index contributed by atoms with van der Waals surface area (Å²) in [5.41, 5.74) is 2.51. The summed E-state index contributed by atoms with van der Waals surface area (Å²) in [6.07, 6.45) is 2.78. The van der Waals surface area contributed by atoms with Gasteiger partial charge in [0.05, 0.1) is 12.7 Å². The molecule has 1 aromatic carbocycles. The van der Waals surface area contributed by atoms with E-state index in [1.165, 1.54) is 11.1 Å². The number of rotatable bonds is 7. The molecule has 1 heterocycles. The lowest BCUT2D eigenvalue weighted by Gasteiger charge is -2.25. The van der Waals surface area contributed by atoms with E-state index in [2.05, 4.69) is 12.1 Å². The molecule has 0 radical (unpaired) electrons. The van der Waals surface area contributed by atoms with E-state index in [1.54, 1.807) is 0 Å². The third-order valence-electron chi connectivity index (χ3n) is 3.45. The van der Waals surface area contributed by atoms with Gasteiger partial charge in [-0.05, 0) is 30.9 Å². The minimum Gasteiger partial charge on any atom is -0.382 e. The molecule has 1 unspecified atom stereocenters. The van der Waals surface area contributed by atoms with Crippen LogP contribution in [0.1, 0.15) is 43.4 Å². The Labute approximate surface area is 114 Å². The zero-order valence-electron chi connectivity index (χ0n) is 11.6. The van der Waals surface area contributed by atoms with Gasteiger partial charge in [-0.1, -0.05) is 24.3 Å². The van der Waals surface area contributed by atoms with Crippen LogP contribution in [0.25, 0.3) is 0 Å². The Morgan fingerprint density at radius 2 is 2.26 bits per heavy atom. The Hall–Kier alpha value is -1.19. The van der Waals surface area contributed by atoms with Gasteiger partial charge in [0.2, 0.25) is 0 Å². The lowest BCUT2D eigenvalue weighted by Crippen LogP contribution is -2.19. The first kappa shape index (κ1) is 14.2. The molecule has 3 heteroatoms. The molecule has 3 nitrogen and oxygen atoms in total. The van der Waals surface area contributed by atoms with Gasteiger partial charge in [-0.3, -0.25) is 4.79 Å². The Balaban J connectivity index is 1.85. The number of Topliss-reactive ketones (excluding diaryl/α,β-unsaturated/α-hetero) is 1. The summed E-state index contributed by atoms with van der Waals surface area (Å²) >= 11 is 0. The van der Waals surface area contributed by atoms with Crippen LogP contribution in [0.3, 0.4) is 0 Å². The minimum absolute atomic E-state index is 0.0513. The van der Waals surface area contributed by atoms with Gasteiger partial charge in [0.25, 0.3) is 0 Å². The van der Waals surface area contributed by atoms with Crippen LogP contribution in [0.4, 0.5) is 0 Å². The smallest absolute Gasteiger partial charge is 0.135 e. The Morgan fingerprint density at radius 3 is 3.11 bits per heavy atom. The molecule has 0 bridgehead atoms. The van der Waals surface area contributed by atoms with Crippen molar-refractivity contribution in [2.24, 2.45) is 0 Å². The van der Waals surface area contributed by atoms with Crippen LogP contribution in [0.15, 0.2) is 24.3 Å². The molecule has 0 saturated heterocycles. The molecule has 1 aliphatic rings. The van der Waals surface area contributed by atoms with Gasteiger partial charge in [-0.25, -0.2) is 0 Å². The second-order valence-corrected chi connectivity index (χ2v) is 4.85. The van der Waals surface area contributed by atoms with E-state index in [1.807, 2.05) is 19.1 Å². The van der Waals surface area contributed by atoms with E-state index in [9.17, 15) is 4.79 Å². The molecule has 2 rings (SSSR count). The second-order valence-electron chi connectivity index (χ2n) is 4.85. The normalized spacial score (nSPS) is 18.1. The van der Waals surface area contributed by atoms with Crippen molar-refractivity contribution in [2.75, 3.05) is 19.8 Å². The Kier molecular flexibility index (Phi) is 5.55. The number of ketones is 1. The highest BCUT2D eigenvalue weighted by atomic mass is 16.5. The third kappa shape index (κ3) is 4.15. The van der Waals surface area contributed by atoms with Gasteiger partial charge >= 0.3 is 0 Å². The van der Waals surface area contributed by atoms with Gasteiger partial charge in [-0.15, -0.1) is 0 Å². The fourth-order valence-electron chi connectivity index (χ4n) is 2.47. The minimum atomic E-state index is -0.0513. The quantitative estimate of drug-likeness (QED) is 0.708. The van der Waals surface area contributed by atoms with Crippen LogP contribution in [0, 0.1) is 0 Å². The standard InChI is InChI=1S/C16H22O3/c1-2-18-10-5-7-14(17)12-16-15-8-4-3-6-13(15)9-11-19-16/h3-4,6,8,16H,2,5,7,9-12H2,1H3. The van der Waals surface area contributed by atoms with Crippen molar-refractivity contribution in [3.8, 4) is 0 Å². The molecule has 1 atom stereocenters. The molecule has 0 N–H and O–H groups in total. The zero-order chi connectivity index (χ0) is 13.5. The average molecular weight is 262 g/mol. The molecule has 19 heavy (non-hydrogen) atoms. The van der Waals surface area contributed by atoms with Crippen molar-refractivity contribution in [3.63, 3.8) is 0 Å². The van der Waals surface area contributed by atoms with Crippen LogP contribution in [-0.2, 0) is 20.7 Å². The number of carbonyl (C=O) groups is 1. The summed E-state index contributed by atoms with van der Waals surface area (Å²) < 4.78 is 11.0. The summed E-state index contributed by atoms with van der Waals surface area (Å²) in [6.45, 7) is 4.07. The predicted octanol–water partition coefficient (Wildman–Crippen LogP) is 3.08. The molecule has 0 spiro atoms. The SMILES string of the molecule is CCOCCCC(=O)CC1OCCc2ccccc21. The van der Waals surface area contributed by atoms with E-state index >= 15 is 0 Å². The van der Waals surface area contributed by atoms with Crippen LogP contribution in [0.2, 0.25) is 0 Å². The first-order chi connectivity index (χ1) is 9.31. The molecule has 0 aliphatic carbocycles. The van der Waals surface area contributed by atoms with Crippen LogP contribution in [0.5, 0.6) is 0 Å². The summed E-state index contributed by atoms with van der Waals surface area (Å²) in [6, 6.07) is 8.27. The summed E-state index contributed by atoms with van der Waals surface area (Å²) in [4.78, 5) is 11.9. The van der Waals surface area contributed by atoms with Crippen molar-refractivity contribution >= 4 is 5.78 Å². The Morgan fingerprint density at radius 1 is 1.42 bits per heavy atom. The van der Waals surface area contributed by atoms with Crippen molar-refractivity contribution in [1.29, 1.82) is 0 Å². The largest absolute Gasteiger partial charge is 0.382 e. The molecule has 1 aliphatic heterocycles. The maximum Gasteiger partial charge on any atom is 0.135 e. The Bertz CT molecular complexity index is 414. The van der Waals surface area contributed by atoms with Gasteiger partial charge in [0, 0.05) is 26.1 Å². The van der Waals surface area contributed by atoms with E-state index in [0.29, 0.717) is 32.7 Å². The van der Waals surface area contributed by atoms with Crippen LogP contribution < -0.4 is 0 Å². The van der Waals surface area contributed by atoms with E-state index in [4.69, 9.17) is 9.47 Å². The van der Waals surface area contributed by atoms with Gasteiger partial charge in [0.1, 0.15) is 5.78 Å². The highest BCUT2D eigenvalue weighted by Crippen LogP contribution is 2.29. The van der Waals surface area contributed by atoms with E-state index in [0.717, 1.165) is 12.8 Å². The van der Waals surface area contributed by atoms with E-state index in [-0.39, 0.29) is 11.9 Å². The third-order valence-corrected chi connectivity index (χ3v) is 3.45. The van der Waals surface area contributed by atoms with Gasteiger partial charge in [-0.2, -0.15) is 0 Å². The van der Waals surface area contributed by atoms with Crippen molar-refractivity contribution < 1.29 is 14.3 Å². The lowest BCUT2D eigenvalue weighted by molar-refractivity contribution is -0.122. The maximum atomic E-state index is 11.9. The average Bonchev–Trinajstić information content (AvgIpc) is 2.44. The fraction of sp³-hybridized carbons (Fsp3) is 0.562. The van der Waals surface area contributed by atoms with Crippen LogP contribution >= 0.6 is 0 Å². The number of hydrogen-bond acceptors (Lipinski definition) is 3. The molecule has 0 fully saturated rings. The van der Waals surface area contributed by atoms with Crippen molar-refractivity contribution in [1.82, 2.24) is 0 Å². The molecular weight excluding hydrogens is 240 g/mol. The number of benzene rings is 1. The fourth-order valence-corrected chi connectivity index (χ4v) is 2.47. The van der Waals surface area contributed by atoms with Gasteiger partial charge in [0.15, 0.2) is 0 Å². The zero-order valence-corrected chi connectivity index (χ0v) is 11.6. The first-order valence-corrected chi connectivity index (χ1v) is 7.10. The highest BCUT2D eigenvalue weighted by molar-refractivity contribution is 5.79. The number of fused-ring (bicyclic) bond motifs is 1. The maximum absolute atomic E-state index is 11.9. The molecular formula is C16H22O3. The molecule has 1 aromatic rings. The van der Waals surface area contributed by atoms with E-state index < -0.39 is 0 Å². The topological polar surface area (TPSA) is 35.5 Å².